The highest BCUT2D eigenvalue weighted by Gasteiger charge is 2.52. The second-order valence-electron chi connectivity index (χ2n) is 5.64. The fourth-order valence-corrected chi connectivity index (χ4v) is 3.98. The number of ketones is 1. The number of imidazole rings is 1. The SMILES string of the molecule is O=C(CSc1ncnc2nc[nH]c12)c1cccc([C@H]2CC2(Cl)Cl)c1. The number of benzene rings is 1. The van der Waals surface area contributed by atoms with Crippen LogP contribution in [0.4, 0.5) is 0 Å². The van der Waals surface area contributed by atoms with Crippen LogP contribution in [0, 0.1) is 0 Å². The molecule has 1 aliphatic rings. The van der Waals surface area contributed by atoms with Gasteiger partial charge in [-0.15, -0.1) is 23.2 Å². The summed E-state index contributed by atoms with van der Waals surface area (Å²) in [6.45, 7) is 0. The van der Waals surface area contributed by atoms with Gasteiger partial charge in [-0.3, -0.25) is 4.79 Å². The zero-order valence-electron chi connectivity index (χ0n) is 12.4. The summed E-state index contributed by atoms with van der Waals surface area (Å²) in [4.78, 5) is 27.8. The highest BCUT2D eigenvalue weighted by molar-refractivity contribution is 8.00. The Morgan fingerprint density at radius 1 is 1.33 bits per heavy atom. The number of alkyl halides is 2. The van der Waals surface area contributed by atoms with E-state index in [1.54, 1.807) is 6.33 Å². The van der Waals surface area contributed by atoms with Crippen molar-refractivity contribution in [1.82, 2.24) is 19.9 Å². The summed E-state index contributed by atoms with van der Waals surface area (Å²) in [5.41, 5.74) is 3.01. The van der Waals surface area contributed by atoms with Crippen LogP contribution in [0.15, 0.2) is 41.9 Å². The summed E-state index contributed by atoms with van der Waals surface area (Å²) >= 11 is 13.6. The largest absolute Gasteiger partial charge is 0.341 e. The van der Waals surface area contributed by atoms with E-state index in [2.05, 4.69) is 19.9 Å². The van der Waals surface area contributed by atoms with Crippen molar-refractivity contribution in [1.29, 1.82) is 0 Å². The van der Waals surface area contributed by atoms with Crippen LogP contribution >= 0.6 is 35.0 Å². The number of fused-ring (bicyclic) bond motifs is 1. The molecule has 0 amide bonds. The van der Waals surface area contributed by atoms with Crippen LogP contribution in [-0.2, 0) is 0 Å². The minimum Gasteiger partial charge on any atom is -0.341 e. The Bertz CT molecular complexity index is 927. The molecule has 1 atom stereocenters. The summed E-state index contributed by atoms with van der Waals surface area (Å²) < 4.78 is -0.691. The second-order valence-corrected chi connectivity index (χ2v) is 8.14. The maximum absolute atomic E-state index is 12.5. The summed E-state index contributed by atoms with van der Waals surface area (Å²) in [7, 11) is 0. The highest BCUT2D eigenvalue weighted by atomic mass is 35.5. The van der Waals surface area contributed by atoms with Gasteiger partial charge in [0.05, 0.1) is 12.1 Å². The minimum absolute atomic E-state index is 0.0310. The number of nitrogens with zero attached hydrogens (tertiary/aromatic N) is 3. The van der Waals surface area contributed by atoms with Gasteiger partial charge in [-0.25, -0.2) is 15.0 Å². The molecule has 5 nitrogen and oxygen atoms in total. The summed E-state index contributed by atoms with van der Waals surface area (Å²) in [5, 5.41) is 0.713. The Labute approximate surface area is 152 Å². The number of aromatic amines is 1. The van der Waals surface area contributed by atoms with E-state index < -0.39 is 4.33 Å². The van der Waals surface area contributed by atoms with E-state index in [1.807, 2.05) is 24.3 Å². The lowest BCUT2D eigenvalue weighted by Crippen LogP contribution is -2.04. The third-order valence-electron chi connectivity index (χ3n) is 3.97. The molecule has 1 aromatic carbocycles. The van der Waals surface area contributed by atoms with Crippen molar-refractivity contribution >= 4 is 51.9 Å². The molecule has 8 heteroatoms. The Balaban J connectivity index is 1.49. The molecule has 1 saturated carbocycles. The Kier molecular flexibility index (Phi) is 3.98. The standard InChI is InChI=1S/C16H12Cl2N4OS/c17-16(18)5-11(16)9-2-1-3-10(4-9)12(23)6-24-15-13-14(20-7-19-13)21-8-22-15/h1-4,7-8,11H,5-6H2,(H,19,20,21,22)/t11-/m1/s1. The van der Waals surface area contributed by atoms with E-state index in [4.69, 9.17) is 23.2 Å². The molecule has 0 bridgehead atoms. The van der Waals surface area contributed by atoms with Crippen LogP contribution in [0.2, 0.25) is 0 Å². The Morgan fingerprint density at radius 3 is 2.96 bits per heavy atom. The molecule has 122 valence electrons. The van der Waals surface area contributed by atoms with Crippen molar-refractivity contribution in [3.05, 3.63) is 48.0 Å². The Morgan fingerprint density at radius 2 is 2.17 bits per heavy atom. The lowest BCUT2D eigenvalue weighted by molar-refractivity contribution is 0.102. The molecule has 0 saturated heterocycles. The van der Waals surface area contributed by atoms with Gasteiger partial charge in [0.15, 0.2) is 11.4 Å². The molecule has 2 aromatic heterocycles. The molecule has 2 heterocycles. The zero-order chi connectivity index (χ0) is 16.7. The highest BCUT2D eigenvalue weighted by Crippen LogP contribution is 2.59. The first-order chi connectivity index (χ1) is 11.5. The molecule has 3 aromatic rings. The normalized spacial score (nSPS) is 18.7. The number of carbonyl (C=O) groups is 1. The first-order valence-corrected chi connectivity index (χ1v) is 9.06. The Hall–Kier alpha value is -1.63. The number of Topliss-reactive ketones (excluding diaryl/α,β-unsaturated/α-hetero) is 1. The van der Waals surface area contributed by atoms with Crippen LogP contribution in [0.5, 0.6) is 0 Å². The van der Waals surface area contributed by atoms with E-state index in [-0.39, 0.29) is 17.5 Å². The predicted molar refractivity (Wildman–Crippen MR) is 95.0 cm³/mol. The maximum atomic E-state index is 12.5. The van der Waals surface area contributed by atoms with Gasteiger partial charge in [0.25, 0.3) is 0 Å². The van der Waals surface area contributed by atoms with Crippen LogP contribution in [0.1, 0.15) is 28.3 Å². The molecule has 0 spiro atoms. The topological polar surface area (TPSA) is 71.5 Å². The fraction of sp³-hybridized carbons (Fsp3) is 0.250. The van der Waals surface area contributed by atoms with E-state index in [0.717, 1.165) is 17.5 Å². The maximum Gasteiger partial charge on any atom is 0.181 e. The first kappa shape index (κ1) is 15.9. The van der Waals surface area contributed by atoms with Gasteiger partial charge in [0, 0.05) is 11.5 Å². The van der Waals surface area contributed by atoms with Gasteiger partial charge in [0.2, 0.25) is 0 Å². The molecular formula is C16H12Cl2N4OS. The zero-order valence-corrected chi connectivity index (χ0v) is 14.7. The van der Waals surface area contributed by atoms with Crippen LogP contribution < -0.4 is 0 Å². The summed E-state index contributed by atoms with van der Waals surface area (Å²) in [6, 6.07) is 7.52. The molecule has 1 aliphatic carbocycles. The smallest absolute Gasteiger partial charge is 0.181 e. The van der Waals surface area contributed by atoms with E-state index >= 15 is 0 Å². The third-order valence-corrected chi connectivity index (χ3v) is 5.79. The number of thioether (sulfide) groups is 1. The van der Waals surface area contributed by atoms with Crippen LogP contribution in [0.3, 0.4) is 0 Å². The van der Waals surface area contributed by atoms with E-state index in [0.29, 0.717) is 16.2 Å². The number of nitrogens with one attached hydrogen (secondary N) is 1. The molecule has 4 rings (SSSR count). The van der Waals surface area contributed by atoms with Crippen molar-refractivity contribution < 1.29 is 4.79 Å². The van der Waals surface area contributed by atoms with Crippen LogP contribution in [0.25, 0.3) is 11.2 Å². The number of aromatic nitrogens is 4. The number of H-pyrrole nitrogens is 1. The van der Waals surface area contributed by atoms with Crippen molar-refractivity contribution in [3.63, 3.8) is 0 Å². The molecule has 0 unspecified atom stereocenters. The second kappa shape index (κ2) is 6.02. The number of rotatable bonds is 5. The summed E-state index contributed by atoms with van der Waals surface area (Å²) in [5.74, 6) is 0.419. The van der Waals surface area contributed by atoms with Gasteiger partial charge in [-0.1, -0.05) is 30.0 Å². The van der Waals surface area contributed by atoms with Crippen molar-refractivity contribution in [2.45, 2.75) is 21.7 Å². The number of halogens is 2. The molecule has 24 heavy (non-hydrogen) atoms. The van der Waals surface area contributed by atoms with Gasteiger partial charge in [0.1, 0.15) is 21.2 Å². The van der Waals surface area contributed by atoms with Gasteiger partial charge >= 0.3 is 0 Å². The quantitative estimate of drug-likeness (QED) is 0.314. The molecule has 0 aliphatic heterocycles. The van der Waals surface area contributed by atoms with Crippen molar-refractivity contribution in [3.8, 4) is 0 Å². The molecule has 1 fully saturated rings. The first-order valence-electron chi connectivity index (χ1n) is 7.32. The van der Waals surface area contributed by atoms with Gasteiger partial charge in [-0.2, -0.15) is 0 Å². The summed E-state index contributed by atoms with van der Waals surface area (Å²) in [6.07, 6.45) is 3.74. The minimum atomic E-state index is -0.691. The number of hydrogen-bond donors (Lipinski definition) is 1. The van der Waals surface area contributed by atoms with E-state index in [1.165, 1.54) is 18.1 Å². The predicted octanol–water partition coefficient (Wildman–Crippen LogP) is 3.99. The number of carbonyl (C=O) groups excluding carboxylic acids is 1. The lowest BCUT2D eigenvalue weighted by Gasteiger charge is -2.05. The van der Waals surface area contributed by atoms with E-state index in [9.17, 15) is 4.79 Å². The molecule has 0 radical (unpaired) electrons. The third kappa shape index (κ3) is 3.01. The average Bonchev–Trinajstić information content (AvgIpc) is 2.99. The van der Waals surface area contributed by atoms with Crippen molar-refractivity contribution in [2.24, 2.45) is 0 Å². The molecular weight excluding hydrogens is 367 g/mol. The van der Waals surface area contributed by atoms with Gasteiger partial charge < -0.3 is 4.98 Å². The average molecular weight is 379 g/mol. The van der Waals surface area contributed by atoms with Crippen molar-refractivity contribution in [2.75, 3.05) is 5.75 Å². The van der Waals surface area contributed by atoms with Crippen LogP contribution in [-0.4, -0.2) is 35.8 Å². The lowest BCUT2D eigenvalue weighted by atomic mass is 10.1. The number of hydrogen-bond acceptors (Lipinski definition) is 5. The fourth-order valence-electron chi connectivity index (χ4n) is 2.57. The molecule has 1 N–H and O–H groups in total. The monoisotopic (exact) mass is 378 g/mol. The van der Waals surface area contributed by atoms with Gasteiger partial charge in [-0.05, 0) is 18.1 Å².